The minimum atomic E-state index is -1.47. The quantitative estimate of drug-likeness (QED) is 0.338. The first-order chi connectivity index (χ1) is 14.7. The van der Waals surface area contributed by atoms with Crippen LogP contribution in [0.3, 0.4) is 0 Å². The van der Waals surface area contributed by atoms with Gasteiger partial charge in [-0.3, -0.25) is 4.90 Å². The molecule has 2 N–H and O–H groups in total. The van der Waals surface area contributed by atoms with Gasteiger partial charge in [0, 0.05) is 13.1 Å². The molecule has 0 fully saturated rings. The first-order valence-corrected chi connectivity index (χ1v) is 10.3. The Morgan fingerprint density at radius 1 is 0.667 bits per heavy atom. The van der Waals surface area contributed by atoms with E-state index in [4.69, 9.17) is 0 Å². The van der Waals surface area contributed by atoms with Crippen molar-refractivity contribution in [3.63, 3.8) is 0 Å². The van der Waals surface area contributed by atoms with Crippen molar-refractivity contribution in [1.82, 2.24) is 4.90 Å². The van der Waals surface area contributed by atoms with Gasteiger partial charge in [-0.05, 0) is 62.4 Å². The zero-order valence-corrected chi connectivity index (χ0v) is 16.8. The van der Waals surface area contributed by atoms with Crippen LogP contribution in [0.2, 0.25) is 0 Å². The molecule has 0 heterocycles. The van der Waals surface area contributed by atoms with Gasteiger partial charge >= 0.3 is 7.12 Å². The molecule has 1 radical (unpaired) electrons. The zero-order chi connectivity index (χ0) is 20.7. The zero-order valence-electron chi connectivity index (χ0n) is 16.8. The van der Waals surface area contributed by atoms with Crippen LogP contribution >= 0.6 is 0 Å². The smallest absolute Gasteiger partial charge is 0.423 e. The van der Waals surface area contributed by atoms with Crippen LogP contribution in [0.25, 0.3) is 32.3 Å². The Hall–Kier alpha value is -2.92. The molecule has 0 aliphatic carbocycles. The van der Waals surface area contributed by atoms with Gasteiger partial charge in [0.15, 0.2) is 0 Å². The Balaban J connectivity index is 1.56. The Labute approximate surface area is 176 Å². The summed E-state index contributed by atoms with van der Waals surface area (Å²) in [6.07, 6.45) is 0. The van der Waals surface area contributed by atoms with Gasteiger partial charge in [-0.15, -0.1) is 0 Å². The normalized spacial score (nSPS) is 11.9. The Kier molecular flexibility index (Phi) is 4.91. The van der Waals surface area contributed by atoms with Crippen LogP contribution in [-0.2, 0) is 13.1 Å². The molecule has 0 spiro atoms. The first-order valence-electron chi connectivity index (χ1n) is 10.3. The molecule has 0 atom stereocenters. The van der Waals surface area contributed by atoms with E-state index in [1.165, 1.54) is 37.9 Å². The molecule has 0 aliphatic rings. The molecule has 0 bridgehead atoms. The maximum Gasteiger partial charge on any atom is 0.488 e. The summed E-state index contributed by atoms with van der Waals surface area (Å²) in [5, 5.41) is 27.1. The SMILES string of the molecule is [CH2]CN(Cc1ccccc1B(O)O)Cc1ccc2ccc3cccc4ccc1c2c34. The first kappa shape index (κ1) is 19.1. The van der Waals surface area contributed by atoms with Gasteiger partial charge in [0.1, 0.15) is 0 Å². The van der Waals surface area contributed by atoms with Crippen LogP contribution in [0, 0.1) is 6.92 Å². The van der Waals surface area contributed by atoms with E-state index < -0.39 is 7.12 Å². The molecule has 0 saturated carbocycles. The molecule has 4 heteroatoms. The second-order valence-electron chi connectivity index (χ2n) is 7.86. The largest absolute Gasteiger partial charge is 0.488 e. The molecule has 5 rings (SSSR count). The summed E-state index contributed by atoms with van der Waals surface area (Å²) in [6.45, 7) is 6.09. The standard InChI is InChI=1S/C26H23BNO2/c1-2-28(17-22-6-3-4-9-24(22)27(29)30)16-21-13-12-20-11-10-18-7-5-8-19-14-15-23(21)26(20)25(18)19/h3-15,29-30H,1-2,16-17H2. The molecular weight excluding hydrogens is 369 g/mol. The molecule has 30 heavy (non-hydrogen) atoms. The monoisotopic (exact) mass is 392 g/mol. The average Bonchev–Trinajstić information content (AvgIpc) is 2.78. The van der Waals surface area contributed by atoms with Gasteiger partial charge in [-0.2, -0.15) is 0 Å². The second kappa shape index (κ2) is 7.73. The summed E-state index contributed by atoms with van der Waals surface area (Å²) >= 11 is 0. The average molecular weight is 392 g/mol. The van der Waals surface area contributed by atoms with Crippen molar-refractivity contribution < 1.29 is 10.0 Å². The van der Waals surface area contributed by atoms with E-state index in [0.717, 1.165) is 12.1 Å². The number of benzene rings is 5. The van der Waals surface area contributed by atoms with Crippen molar-refractivity contribution in [1.29, 1.82) is 0 Å². The van der Waals surface area contributed by atoms with Gasteiger partial charge < -0.3 is 10.0 Å². The molecular formula is C26H23BNO2. The van der Waals surface area contributed by atoms with Crippen LogP contribution < -0.4 is 5.46 Å². The van der Waals surface area contributed by atoms with Crippen LogP contribution in [0.15, 0.2) is 78.9 Å². The fourth-order valence-electron chi connectivity index (χ4n) is 4.56. The van der Waals surface area contributed by atoms with Crippen molar-refractivity contribution >= 4 is 44.9 Å². The summed E-state index contributed by atoms with van der Waals surface area (Å²) in [4.78, 5) is 2.23. The Bertz CT molecular complexity index is 1320. The van der Waals surface area contributed by atoms with E-state index in [0.29, 0.717) is 18.6 Å². The number of hydrogen-bond donors (Lipinski definition) is 2. The molecule has 0 unspecified atom stereocenters. The van der Waals surface area contributed by atoms with E-state index in [1.54, 1.807) is 6.07 Å². The molecule has 0 aromatic heterocycles. The summed E-state index contributed by atoms with van der Waals surface area (Å²) in [6, 6.07) is 27.2. The topological polar surface area (TPSA) is 43.7 Å². The van der Waals surface area contributed by atoms with Crippen molar-refractivity contribution in [3.05, 3.63) is 96.9 Å². The van der Waals surface area contributed by atoms with Crippen LogP contribution in [-0.4, -0.2) is 28.6 Å². The number of nitrogens with zero attached hydrogens (tertiary/aromatic N) is 1. The van der Waals surface area contributed by atoms with E-state index in [1.807, 2.05) is 18.2 Å². The van der Waals surface area contributed by atoms with Crippen molar-refractivity contribution in [2.75, 3.05) is 6.54 Å². The highest BCUT2D eigenvalue weighted by Crippen LogP contribution is 2.36. The lowest BCUT2D eigenvalue weighted by molar-refractivity contribution is 0.286. The third-order valence-corrected chi connectivity index (χ3v) is 6.06. The van der Waals surface area contributed by atoms with Crippen LogP contribution in [0.4, 0.5) is 0 Å². The highest BCUT2D eigenvalue weighted by atomic mass is 16.4. The molecule has 0 aliphatic heterocycles. The number of rotatable bonds is 6. The minimum absolute atomic E-state index is 0.548. The van der Waals surface area contributed by atoms with Crippen LogP contribution in [0.1, 0.15) is 11.1 Å². The minimum Gasteiger partial charge on any atom is -0.423 e. The van der Waals surface area contributed by atoms with Crippen molar-refractivity contribution in [3.8, 4) is 0 Å². The lowest BCUT2D eigenvalue weighted by Crippen LogP contribution is -2.35. The summed E-state index contributed by atoms with van der Waals surface area (Å²) in [7, 11) is -1.47. The molecule has 0 saturated heterocycles. The van der Waals surface area contributed by atoms with Gasteiger partial charge in [-0.25, -0.2) is 0 Å². The van der Waals surface area contributed by atoms with Gasteiger partial charge in [-0.1, -0.05) is 78.9 Å². The van der Waals surface area contributed by atoms with E-state index in [2.05, 4.69) is 66.4 Å². The third-order valence-electron chi connectivity index (χ3n) is 6.06. The lowest BCUT2D eigenvalue weighted by Gasteiger charge is -2.23. The summed E-state index contributed by atoms with van der Waals surface area (Å²) < 4.78 is 0. The van der Waals surface area contributed by atoms with Gasteiger partial charge in [0.2, 0.25) is 0 Å². The van der Waals surface area contributed by atoms with Gasteiger partial charge in [0.05, 0.1) is 0 Å². The maximum absolute atomic E-state index is 9.70. The van der Waals surface area contributed by atoms with E-state index >= 15 is 0 Å². The summed E-state index contributed by atoms with van der Waals surface area (Å²) in [5.74, 6) is 0. The van der Waals surface area contributed by atoms with E-state index in [9.17, 15) is 10.0 Å². The molecule has 147 valence electrons. The third kappa shape index (κ3) is 3.23. The van der Waals surface area contributed by atoms with Crippen molar-refractivity contribution in [2.45, 2.75) is 13.1 Å². The Morgan fingerprint density at radius 3 is 2.03 bits per heavy atom. The maximum atomic E-state index is 9.70. The predicted molar refractivity (Wildman–Crippen MR) is 126 cm³/mol. The molecule has 5 aromatic rings. The van der Waals surface area contributed by atoms with Crippen molar-refractivity contribution in [2.24, 2.45) is 0 Å². The second-order valence-corrected chi connectivity index (χ2v) is 7.86. The molecule has 3 nitrogen and oxygen atoms in total. The fraction of sp³-hybridized carbons (Fsp3) is 0.115. The fourth-order valence-corrected chi connectivity index (χ4v) is 4.56. The summed E-state index contributed by atoms with van der Waals surface area (Å²) in [5.41, 5.74) is 2.71. The van der Waals surface area contributed by atoms with Crippen LogP contribution in [0.5, 0.6) is 0 Å². The highest BCUT2D eigenvalue weighted by Gasteiger charge is 2.18. The molecule has 0 amide bonds. The molecule has 5 aromatic carbocycles. The predicted octanol–water partition coefficient (Wildman–Crippen LogP) is 4.10. The highest BCUT2D eigenvalue weighted by molar-refractivity contribution is 6.59. The lowest BCUT2D eigenvalue weighted by atomic mass is 9.77. The van der Waals surface area contributed by atoms with E-state index in [-0.39, 0.29) is 0 Å². The Morgan fingerprint density at radius 2 is 1.30 bits per heavy atom. The number of hydrogen-bond acceptors (Lipinski definition) is 3. The van der Waals surface area contributed by atoms with Gasteiger partial charge in [0.25, 0.3) is 0 Å².